The van der Waals surface area contributed by atoms with Gasteiger partial charge in [-0.2, -0.15) is 13.2 Å². The first-order valence-electron chi connectivity index (χ1n) is 10.9. The van der Waals surface area contributed by atoms with Gasteiger partial charge in [0.15, 0.2) is 35.6 Å². The van der Waals surface area contributed by atoms with Crippen molar-refractivity contribution in [1.29, 1.82) is 0 Å². The number of benzene rings is 1. The molecule has 192 valence electrons. The fourth-order valence-corrected chi connectivity index (χ4v) is 4.83. The first kappa shape index (κ1) is 25.9. The number of carbonyl (C=O) groups is 2. The van der Waals surface area contributed by atoms with Crippen molar-refractivity contribution in [3.63, 3.8) is 0 Å². The standard InChI is InChI=1S/C22H22ClF3O8S/c1-11-8-12(27)9-15(28)21(11)20(29)17-13(30-6-7-32-16-4-2-3-5-31-16)10-14(18(23)19(17)33-21)34-35-22(24,25)26/h9-11,16,28H,2-8H2,1H3/t11-,16?,21+/m1/s1. The molecule has 2 heterocycles. The number of carbonyl (C=O) groups excluding carboxylic acids is 2. The highest BCUT2D eigenvalue weighted by molar-refractivity contribution is 7.95. The van der Waals surface area contributed by atoms with Crippen LogP contribution in [0.5, 0.6) is 17.2 Å². The zero-order valence-corrected chi connectivity index (χ0v) is 20.1. The monoisotopic (exact) mass is 538 g/mol. The lowest BCUT2D eigenvalue weighted by Gasteiger charge is -2.34. The van der Waals surface area contributed by atoms with Gasteiger partial charge in [-0.25, -0.2) is 0 Å². The van der Waals surface area contributed by atoms with Crippen LogP contribution in [0.25, 0.3) is 0 Å². The Morgan fingerprint density at radius 2 is 2.03 bits per heavy atom. The van der Waals surface area contributed by atoms with E-state index in [0.717, 1.165) is 31.4 Å². The molecule has 1 unspecified atom stereocenters. The summed E-state index contributed by atoms with van der Waals surface area (Å²) in [6.07, 6.45) is 3.04. The number of fused-ring (bicyclic) bond motifs is 1. The average Bonchev–Trinajstić information content (AvgIpc) is 3.11. The minimum atomic E-state index is -4.73. The van der Waals surface area contributed by atoms with Crippen LogP contribution < -0.4 is 13.7 Å². The van der Waals surface area contributed by atoms with E-state index in [0.29, 0.717) is 6.61 Å². The summed E-state index contributed by atoms with van der Waals surface area (Å²) in [5, 5.41) is 10.2. The molecule has 1 fully saturated rings. The van der Waals surface area contributed by atoms with Gasteiger partial charge in [0, 0.05) is 31.1 Å². The molecule has 0 saturated carbocycles. The third-order valence-electron chi connectivity index (χ3n) is 5.87. The molecule has 0 aromatic heterocycles. The topological polar surface area (TPSA) is 101 Å². The predicted octanol–water partition coefficient (Wildman–Crippen LogP) is 5.17. The molecule has 4 rings (SSSR count). The van der Waals surface area contributed by atoms with E-state index in [2.05, 4.69) is 0 Å². The van der Waals surface area contributed by atoms with Crippen LogP contribution in [0.15, 0.2) is 17.9 Å². The summed E-state index contributed by atoms with van der Waals surface area (Å²) in [7, 11) is 0. The fraction of sp³-hybridized carbons (Fsp3) is 0.545. The zero-order valence-electron chi connectivity index (χ0n) is 18.5. The zero-order chi connectivity index (χ0) is 25.4. The van der Waals surface area contributed by atoms with Crippen LogP contribution in [0.1, 0.15) is 43.0 Å². The highest BCUT2D eigenvalue weighted by atomic mass is 35.5. The summed E-state index contributed by atoms with van der Waals surface area (Å²) < 4.78 is 65.5. The van der Waals surface area contributed by atoms with E-state index in [1.165, 1.54) is 6.92 Å². The van der Waals surface area contributed by atoms with Gasteiger partial charge in [0.25, 0.3) is 0 Å². The molecule has 35 heavy (non-hydrogen) atoms. The smallest absolute Gasteiger partial charge is 0.479 e. The first-order valence-corrected chi connectivity index (χ1v) is 12.0. The quantitative estimate of drug-likeness (QED) is 0.372. The van der Waals surface area contributed by atoms with Crippen LogP contribution in [0.3, 0.4) is 0 Å². The highest BCUT2D eigenvalue weighted by Crippen LogP contribution is 2.54. The van der Waals surface area contributed by atoms with E-state index in [1.807, 2.05) is 0 Å². The number of alkyl halides is 3. The molecule has 2 aliphatic heterocycles. The molecular weight excluding hydrogens is 517 g/mol. The van der Waals surface area contributed by atoms with Crippen LogP contribution in [0.4, 0.5) is 13.2 Å². The minimum absolute atomic E-state index is 0.0735. The van der Waals surface area contributed by atoms with Gasteiger partial charge in [-0.05, 0) is 19.3 Å². The van der Waals surface area contributed by atoms with Gasteiger partial charge >= 0.3 is 5.51 Å². The summed E-state index contributed by atoms with van der Waals surface area (Å²) in [4.78, 5) is 25.4. The predicted molar refractivity (Wildman–Crippen MR) is 118 cm³/mol. The number of ether oxygens (including phenoxy) is 4. The molecule has 1 aliphatic carbocycles. The lowest BCUT2D eigenvalue weighted by molar-refractivity contribution is -0.165. The number of Topliss-reactive ketones (excluding diaryl/α,β-unsaturated/α-hetero) is 1. The van der Waals surface area contributed by atoms with Crippen molar-refractivity contribution < 1.29 is 51.0 Å². The summed E-state index contributed by atoms with van der Waals surface area (Å²) in [5.41, 5.74) is -6.86. The van der Waals surface area contributed by atoms with Crippen LogP contribution in [-0.2, 0) is 14.3 Å². The SMILES string of the molecule is C[C@@H]1CC(=O)C=C(O)[C@@]12Oc1c(Cl)c(OSC(F)(F)F)cc(OCCOC3CCCCO3)c1C2=O. The normalized spacial score (nSPS) is 26.4. The Hall–Kier alpha value is -2.15. The van der Waals surface area contributed by atoms with Crippen LogP contribution in [0.2, 0.25) is 5.02 Å². The highest BCUT2D eigenvalue weighted by Gasteiger charge is 2.59. The van der Waals surface area contributed by atoms with Crippen molar-refractivity contribution in [3.05, 3.63) is 28.5 Å². The Morgan fingerprint density at radius 3 is 2.69 bits per heavy atom. The molecule has 0 bridgehead atoms. The van der Waals surface area contributed by atoms with Gasteiger partial charge in [-0.1, -0.05) is 18.5 Å². The van der Waals surface area contributed by atoms with Crippen molar-refractivity contribution in [3.8, 4) is 17.2 Å². The van der Waals surface area contributed by atoms with Gasteiger partial charge in [0.05, 0.1) is 6.61 Å². The van der Waals surface area contributed by atoms with E-state index >= 15 is 0 Å². The number of hydrogen-bond acceptors (Lipinski definition) is 9. The van der Waals surface area contributed by atoms with Crippen molar-refractivity contribution >= 4 is 35.2 Å². The average molecular weight is 539 g/mol. The molecule has 0 amide bonds. The second-order valence-electron chi connectivity index (χ2n) is 8.29. The number of aliphatic hydroxyl groups excluding tert-OH is 1. The number of hydrogen-bond donors (Lipinski definition) is 1. The molecule has 1 aromatic carbocycles. The molecule has 3 aliphatic rings. The van der Waals surface area contributed by atoms with Crippen molar-refractivity contribution in [2.45, 2.75) is 50.0 Å². The summed E-state index contributed by atoms with van der Waals surface area (Å²) in [5.74, 6) is -3.45. The van der Waals surface area contributed by atoms with Crippen molar-refractivity contribution in [2.75, 3.05) is 19.8 Å². The third-order valence-corrected chi connectivity index (χ3v) is 6.68. The Balaban J connectivity index is 1.63. The summed E-state index contributed by atoms with van der Waals surface area (Å²) >= 11 is 5.47. The van der Waals surface area contributed by atoms with Crippen LogP contribution >= 0.6 is 23.6 Å². The minimum Gasteiger partial charge on any atom is -0.507 e. The first-order chi connectivity index (χ1) is 16.5. The maximum absolute atomic E-state index is 13.5. The van der Waals surface area contributed by atoms with Crippen LogP contribution in [0, 0.1) is 5.92 Å². The van der Waals surface area contributed by atoms with Crippen LogP contribution in [-0.4, -0.2) is 53.9 Å². The van der Waals surface area contributed by atoms with Gasteiger partial charge in [0.1, 0.15) is 28.7 Å². The van der Waals surface area contributed by atoms with E-state index in [9.17, 15) is 27.9 Å². The van der Waals surface area contributed by atoms with Crippen molar-refractivity contribution in [2.24, 2.45) is 5.92 Å². The van der Waals surface area contributed by atoms with Gasteiger partial charge < -0.3 is 28.2 Å². The fourth-order valence-electron chi connectivity index (χ4n) is 4.24. The third kappa shape index (κ3) is 5.20. The Labute approximate surface area is 207 Å². The van der Waals surface area contributed by atoms with E-state index < -0.39 is 57.2 Å². The molecule has 0 radical (unpaired) electrons. The van der Waals surface area contributed by atoms with E-state index in [4.69, 9.17) is 34.7 Å². The maximum atomic E-state index is 13.5. The molecule has 13 heteroatoms. The number of aliphatic hydroxyl groups is 1. The number of allylic oxidation sites excluding steroid dienone is 1. The second kappa shape index (κ2) is 10.1. The Morgan fingerprint density at radius 1 is 1.26 bits per heavy atom. The number of rotatable bonds is 7. The van der Waals surface area contributed by atoms with Gasteiger partial charge in [-0.3, -0.25) is 9.59 Å². The molecule has 1 aromatic rings. The molecule has 1 N–H and O–H groups in total. The maximum Gasteiger partial charge on any atom is 0.479 e. The summed E-state index contributed by atoms with van der Waals surface area (Å²) in [6.45, 7) is 2.12. The molecule has 1 saturated heterocycles. The lowest BCUT2D eigenvalue weighted by atomic mass is 9.75. The Bertz CT molecular complexity index is 1040. The number of halogens is 4. The largest absolute Gasteiger partial charge is 0.507 e. The Kier molecular flexibility index (Phi) is 7.46. The van der Waals surface area contributed by atoms with E-state index in [-0.39, 0.29) is 43.0 Å². The van der Waals surface area contributed by atoms with E-state index in [1.54, 1.807) is 0 Å². The van der Waals surface area contributed by atoms with Gasteiger partial charge in [0.2, 0.25) is 11.4 Å². The second-order valence-corrected chi connectivity index (χ2v) is 9.46. The summed E-state index contributed by atoms with van der Waals surface area (Å²) in [6, 6.07) is 1.05. The molecule has 3 atom stereocenters. The molecular formula is C22H22ClF3O8S. The number of ketones is 2. The lowest BCUT2D eigenvalue weighted by Crippen LogP contribution is -2.51. The van der Waals surface area contributed by atoms with Crippen molar-refractivity contribution in [1.82, 2.24) is 0 Å². The van der Waals surface area contributed by atoms with Gasteiger partial charge in [-0.15, -0.1) is 0 Å². The molecule has 1 spiro atoms. The molecule has 8 nitrogen and oxygen atoms in total.